The Kier molecular flexibility index (Phi) is 3.37. The highest BCUT2D eigenvalue weighted by atomic mass is 19.1. The van der Waals surface area contributed by atoms with Gasteiger partial charge < -0.3 is 5.73 Å². The molecule has 0 bridgehead atoms. The Bertz CT molecular complexity index is 258. The van der Waals surface area contributed by atoms with Gasteiger partial charge in [-0.3, -0.25) is 0 Å². The Balaban J connectivity index is 2.77. The Hall–Kier alpha value is -0.960. The number of halogens is 2. The molecule has 2 atom stereocenters. The molecule has 0 saturated carbocycles. The second-order valence-corrected chi connectivity index (χ2v) is 3.09. The lowest BCUT2D eigenvalue weighted by molar-refractivity contribution is 0.299. The summed E-state index contributed by atoms with van der Waals surface area (Å²) >= 11 is 0. The zero-order valence-corrected chi connectivity index (χ0v) is 7.50. The lowest BCUT2D eigenvalue weighted by Gasteiger charge is -2.14. The van der Waals surface area contributed by atoms with Crippen LogP contribution in [0.1, 0.15) is 18.4 Å². The minimum Gasteiger partial charge on any atom is -0.328 e. The lowest BCUT2D eigenvalue weighted by Crippen LogP contribution is -2.21. The van der Waals surface area contributed by atoms with Crippen molar-refractivity contribution in [3.05, 3.63) is 35.6 Å². The highest BCUT2D eigenvalue weighted by Crippen LogP contribution is 2.20. The lowest BCUT2D eigenvalue weighted by atomic mass is 9.96. The first kappa shape index (κ1) is 10.1. The zero-order chi connectivity index (χ0) is 9.84. The van der Waals surface area contributed by atoms with Gasteiger partial charge in [-0.15, -0.1) is 0 Å². The third-order valence-electron chi connectivity index (χ3n) is 2.16. The molecule has 3 heteroatoms. The van der Waals surface area contributed by atoms with Gasteiger partial charge in [-0.05, 0) is 17.7 Å². The molecule has 2 unspecified atom stereocenters. The van der Waals surface area contributed by atoms with E-state index in [9.17, 15) is 8.78 Å². The number of hydrogen-bond donors (Lipinski definition) is 1. The Morgan fingerprint density at radius 2 is 1.85 bits per heavy atom. The molecular weight excluding hydrogens is 172 g/mol. The maximum Gasteiger partial charge on any atom is 0.123 e. The summed E-state index contributed by atoms with van der Waals surface area (Å²) in [6.45, 7) is 1.74. The van der Waals surface area contributed by atoms with Crippen LogP contribution < -0.4 is 5.73 Å². The fourth-order valence-corrected chi connectivity index (χ4v) is 1.18. The third-order valence-corrected chi connectivity index (χ3v) is 2.16. The molecule has 0 amide bonds. The summed E-state index contributed by atoms with van der Waals surface area (Å²) in [5.41, 5.74) is 5.97. The quantitative estimate of drug-likeness (QED) is 0.767. The highest BCUT2D eigenvalue weighted by molar-refractivity contribution is 5.20. The van der Waals surface area contributed by atoms with E-state index in [0.717, 1.165) is 5.56 Å². The van der Waals surface area contributed by atoms with Crippen molar-refractivity contribution in [1.82, 2.24) is 0 Å². The van der Waals surface area contributed by atoms with E-state index in [1.165, 1.54) is 12.1 Å². The topological polar surface area (TPSA) is 26.0 Å². The van der Waals surface area contributed by atoms with E-state index >= 15 is 0 Å². The van der Waals surface area contributed by atoms with Crippen LogP contribution in [0.3, 0.4) is 0 Å². The molecule has 1 nitrogen and oxygen atoms in total. The number of nitrogens with two attached hydrogens (primary N) is 1. The number of hydrogen-bond acceptors (Lipinski definition) is 1. The zero-order valence-electron chi connectivity index (χ0n) is 7.50. The minimum atomic E-state index is -1.06. The summed E-state index contributed by atoms with van der Waals surface area (Å²) in [5.74, 6) is -0.579. The Morgan fingerprint density at radius 3 is 2.31 bits per heavy atom. The fraction of sp³-hybridized carbons (Fsp3) is 0.400. The molecule has 0 radical (unpaired) electrons. The van der Waals surface area contributed by atoms with Crippen molar-refractivity contribution in [2.24, 2.45) is 5.73 Å². The van der Waals surface area contributed by atoms with Crippen LogP contribution in [0.4, 0.5) is 8.78 Å². The van der Waals surface area contributed by atoms with Gasteiger partial charge in [0.1, 0.15) is 12.0 Å². The van der Waals surface area contributed by atoms with Crippen LogP contribution in [0, 0.1) is 5.82 Å². The van der Waals surface area contributed by atoms with E-state index in [1.807, 2.05) is 0 Å². The van der Waals surface area contributed by atoms with Gasteiger partial charge in [0, 0.05) is 12.5 Å². The van der Waals surface area contributed by atoms with Crippen LogP contribution in [0.25, 0.3) is 0 Å². The van der Waals surface area contributed by atoms with Crippen LogP contribution in [0.15, 0.2) is 24.3 Å². The number of benzene rings is 1. The highest BCUT2D eigenvalue weighted by Gasteiger charge is 2.15. The molecule has 0 aliphatic rings. The SMILES string of the molecule is CC(c1ccc(F)cc1)C(F)CN. The molecule has 0 fully saturated rings. The van der Waals surface area contributed by atoms with E-state index in [2.05, 4.69) is 0 Å². The molecule has 0 saturated heterocycles. The molecule has 1 aromatic rings. The van der Waals surface area contributed by atoms with Crippen LogP contribution in [0.5, 0.6) is 0 Å². The first-order chi connectivity index (χ1) is 6.15. The van der Waals surface area contributed by atoms with Gasteiger partial charge in [-0.2, -0.15) is 0 Å². The van der Waals surface area contributed by atoms with Crippen LogP contribution in [-0.2, 0) is 0 Å². The van der Waals surface area contributed by atoms with Gasteiger partial charge in [-0.1, -0.05) is 19.1 Å². The Morgan fingerprint density at radius 1 is 1.31 bits per heavy atom. The smallest absolute Gasteiger partial charge is 0.123 e. The van der Waals surface area contributed by atoms with E-state index in [4.69, 9.17) is 5.73 Å². The summed E-state index contributed by atoms with van der Waals surface area (Å²) in [4.78, 5) is 0. The van der Waals surface area contributed by atoms with Gasteiger partial charge in [0.25, 0.3) is 0 Å². The van der Waals surface area contributed by atoms with E-state index < -0.39 is 6.17 Å². The average Bonchev–Trinajstić information content (AvgIpc) is 2.17. The maximum atomic E-state index is 13.1. The fourth-order valence-electron chi connectivity index (χ4n) is 1.18. The molecule has 1 aromatic carbocycles. The normalized spacial score (nSPS) is 15.4. The monoisotopic (exact) mass is 185 g/mol. The van der Waals surface area contributed by atoms with Crippen LogP contribution in [0.2, 0.25) is 0 Å². The van der Waals surface area contributed by atoms with E-state index in [-0.39, 0.29) is 18.3 Å². The molecule has 72 valence electrons. The molecular formula is C10H13F2N. The molecule has 13 heavy (non-hydrogen) atoms. The van der Waals surface area contributed by atoms with Gasteiger partial charge >= 0.3 is 0 Å². The van der Waals surface area contributed by atoms with Gasteiger partial charge in [-0.25, -0.2) is 8.78 Å². The molecule has 0 aliphatic carbocycles. The van der Waals surface area contributed by atoms with Crippen molar-refractivity contribution in [2.45, 2.75) is 19.0 Å². The van der Waals surface area contributed by atoms with E-state index in [0.29, 0.717) is 0 Å². The predicted octanol–water partition coefficient (Wildman–Crippen LogP) is 2.23. The first-order valence-corrected chi connectivity index (χ1v) is 4.24. The average molecular weight is 185 g/mol. The van der Waals surface area contributed by atoms with Crippen molar-refractivity contribution in [2.75, 3.05) is 6.54 Å². The van der Waals surface area contributed by atoms with Gasteiger partial charge in [0.15, 0.2) is 0 Å². The van der Waals surface area contributed by atoms with E-state index in [1.54, 1.807) is 19.1 Å². The molecule has 0 aliphatic heterocycles. The van der Waals surface area contributed by atoms with Crippen LogP contribution in [-0.4, -0.2) is 12.7 Å². The van der Waals surface area contributed by atoms with Crippen molar-refractivity contribution >= 4 is 0 Å². The minimum absolute atomic E-state index is 0.00145. The van der Waals surface area contributed by atoms with Gasteiger partial charge in [0.05, 0.1) is 0 Å². The summed E-state index contributed by atoms with van der Waals surface area (Å²) < 4.78 is 25.6. The molecule has 0 aromatic heterocycles. The van der Waals surface area contributed by atoms with Gasteiger partial charge in [0.2, 0.25) is 0 Å². The predicted molar refractivity (Wildman–Crippen MR) is 48.8 cm³/mol. The van der Waals surface area contributed by atoms with Crippen molar-refractivity contribution in [1.29, 1.82) is 0 Å². The Labute approximate surface area is 76.6 Å². The van der Waals surface area contributed by atoms with Crippen molar-refractivity contribution in [3.63, 3.8) is 0 Å². The van der Waals surface area contributed by atoms with Crippen LogP contribution >= 0.6 is 0 Å². The second kappa shape index (κ2) is 4.33. The molecule has 1 rings (SSSR count). The van der Waals surface area contributed by atoms with Crippen molar-refractivity contribution < 1.29 is 8.78 Å². The second-order valence-electron chi connectivity index (χ2n) is 3.09. The molecule has 0 heterocycles. The summed E-state index contributed by atoms with van der Waals surface area (Å²) in [6.07, 6.45) is -1.06. The summed E-state index contributed by atoms with van der Waals surface area (Å²) in [6, 6.07) is 5.83. The third kappa shape index (κ3) is 2.49. The van der Waals surface area contributed by atoms with Crippen molar-refractivity contribution in [3.8, 4) is 0 Å². The molecule has 2 N–H and O–H groups in total. The summed E-state index contributed by atoms with van der Waals surface area (Å²) in [5, 5.41) is 0. The largest absolute Gasteiger partial charge is 0.328 e. The molecule has 0 spiro atoms. The maximum absolute atomic E-state index is 13.1. The number of alkyl halides is 1. The standard InChI is InChI=1S/C10H13F2N/c1-7(10(12)6-13)8-2-4-9(11)5-3-8/h2-5,7,10H,6,13H2,1H3. The summed E-state index contributed by atoms with van der Waals surface area (Å²) in [7, 11) is 0. The number of rotatable bonds is 3. The first-order valence-electron chi connectivity index (χ1n) is 4.24.